The third-order valence-electron chi connectivity index (χ3n) is 3.98. The lowest BCUT2D eigenvalue weighted by Gasteiger charge is -2.07. The molecule has 132 valence electrons. The van der Waals surface area contributed by atoms with Gasteiger partial charge in [0, 0.05) is 13.1 Å². The normalized spacial score (nSPS) is 10.3. The summed E-state index contributed by atoms with van der Waals surface area (Å²) in [5.74, 6) is 0.436. The summed E-state index contributed by atoms with van der Waals surface area (Å²) < 4.78 is 0. The first-order chi connectivity index (χ1) is 12.7. The Hall–Kier alpha value is -3.21. The minimum Gasteiger partial charge on any atom is -0.365 e. The highest BCUT2D eigenvalue weighted by Gasteiger charge is 2.07. The van der Waals surface area contributed by atoms with E-state index in [4.69, 9.17) is 0 Å². The number of amides is 1. The first kappa shape index (κ1) is 17.6. The molecule has 5 nitrogen and oxygen atoms in total. The fourth-order valence-corrected chi connectivity index (χ4v) is 2.61. The van der Waals surface area contributed by atoms with Gasteiger partial charge in [-0.2, -0.15) is 0 Å². The van der Waals surface area contributed by atoms with Crippen LogP contribution in [0, 0.1) is 6.92 Å². The predicted molar refractivity (Wildman–Crippen MR) is 103 cm³/mol. The Bertz CT molecular complexity index is 847. The maximum absolute atomic E-state index is 12.1. The van der Waals surface area contributed by atoms with Crippen molar-refractivity contribution >= 4 is 11.7 Å². The second-order valence-corrected chi connectivity index (χ2v) is 6.12. The number of aryl methyl sites for hydroxylation is 1. The zero-order valence-electron chi connectivity index (χ0n) is 14.8. The smallest absolute Gasteiger partial charge is 0.271 e. The van der Waals surface area contributed by atoms with Gasteiger partial charge in [0.25, 0.3) is 5.91 Å². The number of nitrogens with zero attached hydrogens (tertiary/aromatic N) is 2. The first-order valence-electron chi connectivity index (χ1n) is 8.64. The van der Waals surface area contributed by atoms with E-state index in [1.807, 2.05) is 36.4 Å². The van der Waals surface area contributed by atoms with Crippen molar-refractivity contribution in [1.82, 2.24) is 15.3 Å². The van der Waals surface area contributed by atoms with Gasteiger partial charge < -0.3 is 10.6 Å². The third kappa shape index (κ3) is 5.14. The summed E-state index contributed by atoms with van der Waals surface area (Å²) in [6.45, 7) is 3.30. The highest BCUT2D eigenvalue weighted by Crippen LogP contribution is 2.08. The van der Waals surface area contributed by atoms with Crippen molar-refractivity contribution in [3.63, 3.8) is 0 Å². The SMILES string of the molecule is Cc1cccc(CNc2cnc(C(=O)NCCc3ccccc3)cn2)c1. The number of carbonyl (C=O) groups excluding carboxylic acids is 1. The number of nitrogens with one attached hydrogen (secondary N) is 2. The zero-order valence-corrected chi connectivity index (χ0v) is 14.8. The van der Waals surface area contributed by atoms with E-state index < -0.39 is 0 Å². The molecule has 0 radical (unpaired) electrons. The highest BCUT2D eigenvalue weighted by atomic mass is 16.1. The van der Waals surface area contributed by atoms with Gasteiger partial charge >= 0.3 is 0 Å². The van der Waals surface area contributed by atoms with Crippen LogP contribution in [0.15, 0.2) is 67.0 Å². The minimum atomic E-state index is -0.210. The van der Waals surface area contributed by atoms with E-state index >= 15 is 0 Å². The Morgan fingerprint density at radius 2 is 1.77 bits per heavy atom. The van der Waals surface area contributed by atoms with Crippen molar-refractivity contribution < 1.29 is 4.79 Å². The van der Waals surface area contributed by atoms with Gasteiger partial charge in [0.05, 0.1) is 12.4 Å². The number of hydrogen-bond donors (Lipinski definition) is 2. The molecule has 3 aromatic rings. The number of rotatable bonds is 7. The van der Waals surface area contributed by atoms with Crippen molar-refractivity contribution in [2.75, 3.05) is 11.9 Å². The van der Waals surface area contributed by atoms with Crippen LogP contribution < -0.4 is 10.6 Å². The fraction of sp³-hybridized carbons (Fsp3) is 0.190. The largest absolute Gasteiger partial charge is 0.365 e. The summed E-state index contributed by atoms with van der Waals surface area (Å²) in [7, 11) is 0. The Morgan fingerprint density at radius 3 is 2.50 bits per heavy atom. The average molecular weight is 346 g/mol. The molecule has 0 saturated carbocycles. The first-order valence-corrected chi connectivity index (χ1v) is 8.64. The van der Waals surface area contributed by atoms with Crippen LogP contribution in [0.1, 0.15) is 27.2 Å². The molecule has 26 heavy (non-hydrogen) atoms. The lowest BCUT2D eigenvalue weighted by Crippen LogP contribution is -2.26. The number of anilines is 1. The predicted octanol–water partition coefficient (Wildman–Crippen LogP) is 3.37. The summed E-state index contributed by atoms with van der Waals surface area (Å²) in [6, 6.07) is 18.3. The molecule has 1 amide bonds. The van der Waals surface area contributed by atoms with Crippen LogP contribution in [0.2, 0.25) is 0 Å². The Kier molecular flexibility index (Phi) is 5.93. The summed E-state index contributed by atoms with van der Waals surface area (Å²) in [4.78, 5) is 20.6. The van der Waals surface area contributed by atoms with Crippen molar-refractivity contribution in [1.29, 1.82) is 0 Å². The van der Waals surface area contributed by atoms with E-state index in [2.05, 4.69) is 45.7 Å². The number of carbonyl (C=O) groups is 1. The van der Waals surface area contributed by atoms with Crippen molar-refractivity contribution in [3.8, 4) is 0 Å². The maximum Gasteiger partial charge on any atom is 0.271 e. The van der Waals surface area contributed by atoms with Gasteiger partial charge in [0.15, 0.2) is 0 Å². The van der Waals surface area contributed by atoms with Crippen LogP contribution in [-0.2, 0) is 13.0 Å². The Balaban J connectivity index is 1.48. The van der Waals surface area contributed by atoms with Crippen LogP contribution >= 0.6 is 0 Å². The van der Waals surface area contributed by atoms with E-state index in [0.717, 1.165) is 6.42 Å². The zero-order chi connectivity index (χ0) is 18.2. The summed E-state index contributed by atoms with van der Waals surface area (Å²) in [5, 5.41) is 6.08. The third-order valence-corrected chi connectivity index (χ3v) is 3.98. The van der Waals surface area contributed by atoms with Crippen LogP contribution in [0.3, 0.4) is 0 Å². The molecule has 0 aliphatic heterocycles. The Morgan fingerprint density at radius 1 is 0.962 bits per heavy atom. The monoisotopic (exact) mass is 346 g/mol. The second kappa shape index (κ2) is 8.76. The molecule has 1 heterocycles. The lowest BCUT2D eigenvalue weighted by molar-refractivity contribution is 0.0949. The molecule has 0 bridgehead atoms. The van der Waals surface area contributed by atoms with Gasteiger partial charge in [-0.3, -0.25) is 4.79 Å². The van der Waals surface area contributed by atoms with Gasteiger partial charge in [-0.15, -0.1) is 0 Å². The van der Waals surface area contributed by atoms with Crippen LogP contribution in [0.25, 0.3) is 0 Å². The molecule has 0 aliphatic rings. The van der Waals surface area contributed by atoms with Crippen molar-refractivity contribution in [3.05, 3.63) is 89.4 Å². The van der Waals surface area contributed by atoms with Crippen LogP contribution in [0.4, 0.5) is 5.82 Å². The molecule has 0 unspecified atom stereocenters. The van der Waals surface area contributed by atoms with Gasteiger partial charge in [0.1, 0.15) is 11.5 Å². The van der Waals surface area contributed by atoms with Crippen molar-refractivity contribution in [2.45, 2.75) is 19.9 Å². The molecule has 2 aromatic carbocycles. The molecule has 1 aromatic heterocycles. The van der Waals surface area contributed by atoms with E-state index in [0.29, 0.717) is 24.6 Å². The van der Waals surface area contributed by atoms with Crippen LogP contribution in [0.5, 0.6) is 0 Å². The molecule has 0 atom stereocenters. The average Bonchev–Trinajstić information content (AvgIpc) is 2.68. The molecule has 0 spiro atoms. The number of benzene rings is 2. The van der Waals surface area contributed by atoms with E-state index in [1.165, 1.54) is 22.9 Å². The lowest BCUT2D eigenvalue weighted by atomic mass is 10.1. The molecule has 3 rings (SSSR count). The fourth-order valence-electron chi connectivity index (χ4n) is 2.61. The molecular weight excluding hydrogens is 324 g/mol. The molecule has 5 heteroatoms. The van der Waals surface area contributed by atoms with Gasteiger partial charge in [-0.25, -0.2) is 9.97 Å². The second-order valence-electron chi connectivity index (χ2n) is 6.12. The van der Waals surface area contributed by atoms with E-state index in [-0.39, 0.29) is 5.91 Å². The molecule has 0 saturated heterocycles. The van der Waals surface area contributed by atoms with E-state index in [1.54, 1.807) is 6.20 Å². The summed E-state index contributed by atoms with van der Waals surface area (Å²) >= 11 is 0. The summed E-state index contributed by atoms with van der Waals surface area (Å²) in [6.07, 6.45) is 3.87. The van der Waals surface area contributed by atoms with Gasteiger partial charge in [0.2, 0.25) is 0 Å². The molecule has 0 aliphatic carbocycles. The van der Waals surface area contributed by atoms with E-state index in [9.17, 15) is 4.79 Å². The quantitative estimate of drug-likeness (QED) is 0.688. The van der Waals surface area contributed by atoms with Gasteiger partial charge in [-0.1, -0.05) is 60.2 Å². The molecular formula is C21H22N4O. The minimum absolute atomic E-state index is 0.210. The molecule has 2 N–H and O–H groups in total. The summed E-state index contributed by atoms with van der Waals surface area (Å²) in [5.41, 5.74) is 3.90. The maximum atomic E-state index is 12.1. The number of aromatic nitrogens is 2. The van der Waals surface area contributed by atoms with Gasteiger partial charge in [-0.05, 0) is 24.5 Å². The van der Waals surface area contributed by atoms with Crippen molar-refractivity contribution in [2.24, 2.45) is 0 Å². The molecule has 0 fully saturated rings. The number of hydrogen-bond acceptors (Lipinski definition) is 4. The highest BCUT2D eigenvalue weighted by molar-refractivity contribution is 5.91. The topological polar surface area (TPSA) is 66.9 Å². The van der Waals surface area contributed by atoms with Crippen LogP contribution in [-0.4, -0.2) is 22.4 Å². The Labute approximate surface area is 153 Å². The standard InChI is InChI=1S/C21H22N4O/c1-16-6-5-9-18(12-16)13-24-20-15-23-19(14-25-20)21(26)22-11-10-17-7-3-2-4-8-17/h2-9,12,14-15H,10-11,13H2,1H3,(H,22,26)(H,24,25).